The number of carboxylic acid groups (broad SMARTS) is 1. The Labute approximate surface area is 99.5 Å². The van der Waals surface area contributed by atoms with Gasteiger partial charge in [0.05, 0.1) is 5.56 Å². The fourth-order valence-corrected chi connectivity index (χ4v) is 1.41. The number of hydrogen-bond acceptors (Lipinski definition) is 3. The van der Waals surface area contributed by atoms with Gasteiger partial charge in [0.25, 0.3) is 0 Å². The molecule has 0 aliphatic rings. The second-order valence-corrected chi connectivity index (χ2v) is 3.68. The molecule has 0 aliphatic carbocycles. The molecule has 0 spiro atoms. The van der Waals surface area contributed by atoms with Crippen molar-refractivity contribution >= 4 is 11.9 Å². The third-order valence-electron chi connectivity index (χ3n) is 2.35. The molecule has 0 aromatic heterocycles. The quantitative estimate of drug-likeness (QED) is 0.494. The number of rotatable bonds is 4. The van der Waals surface area contributed by atoms with Crippen LogP contribution in [0.3, 0.4) is 0 Å². The predicted octanol–water partition coefficient (Wildman–Crippen LogP) is 2.60. The minimum absolute atomic E-state index is 0.0938. The first-order valence-electron chi connectivity index (χ1n) is 5.14. The summed E-state index contributed by atoms with van der Waals surface area (Å²) in [4.78, 5) is 21.8. The molecule has 0 bridgehead atoms. The van der Waals surface area contributed by atoms with Crippen LogP contribution in [0.15, 0.2) is 30.9 Å². The Kier molecular flexibility index (Phi) is 4.04. The zero-order valence-electron chi connectivity index (χ0n) is 9.77. The molecule has 0 fully saturated rings. The van der Waals surface area contributed by atoms with Crippen molar-refractivity contribution in [1.29, 1.82) is 0 Å². The molecule has 4 nitrogen and oxygen atoms in total. The Morgan fingerprint density at radius 1 is 1.47 bits per heavy atom. The molecule has 0 aliphatic heterocycles. The summed E-state index contributed by atoms with van der Waals surface area (Å²) in [6.07, 6.45) is 1.66. The van der Waals surface area contributed by atoms with E-state index in [-0.39, 0.29) is 11.5 Å². The zero-order valence-corrected chi connectivity index (χ0v) is 9.77. The highest BCUT2D eigenvalue weighted by molar-refractivity contribution is 5.88. The third-order valence-corrected chi connectivity index (χ3v) is 2.35. The second kappa shape index (κ2) is 5.30. The topological polar surface area (TPSA) is 63.6 Å². The molecule has 1 atom stereocenters. The second-order valence-electron chi connectivity index (χ2n) is 3.68. The summed E-state index contributed by atoms with van der Waals surface area (Å²) in [6, 6.07) is 4.38. The lowest BCUT2D eigenvalue weighted by Gasteiger charge is -2.13. The SMILES string of the molecule is C=CC(C)c1cc(C(=O)O)ccc1OC(C)=O. The van der Waals surface area contributed by atoms with E-state index < -0.39 is 11.9 Å². The minimum Gasteiger partial charge on any atom is -0.478 e. The highest BCUT2D eigenvalue weighted by atomic mass is 16.5. The molecule has 1 rings (SSSR count). The molecular formula is C13H14O4. The van der Waals surface area contributed by atoms with Gasteiger partial charge in [-0.05, 0) is 18.2 Å². The molecule has 90 valence electrons. The summed E-state index contributed by atoms with van der Waals surface area (Å²) in [5.74, 6) is -1.18. The Balaban J connectivity index is 3.25. The third kappa shape index (κ3) is 3.17. The molecule has 0 saturated heterocycles. The van der Waals surface area contributed by atoms with Crippen molar-refractivity contribution in [1.82, 2.24) is 0 Å². The van der Waals surface area contributed by atoms with E-state index in [0.717, 1.165) is 0 Å². The maximum Gasteiger partial charge on any atom is 0.335 e. The number of ether oxygens (including phenoxy) is 1. The smallest absolute Gasteiger partial charge is 0.335 e. The number of carbonyl (C=O) groups is 2. The molecule has 0 heterocycles. The molecule has 1 N–H and O–H groups in total. The standard InChI is InChI=1S/C13H14O4/c1-4-8(2)11-7-10(13(15)16)5-6-12(11)17-9(3)14/h4-8H,1H2,2-3H3,(H,15,16). The van der Waals surface area contributed by atoms with Crippen LogP contribution in [0, 0.1) is 0 Å². The number of hydrogen-bond donors (Lipinski definition) is 1. The lowest BCUT2D eigenvalue weighted by atomic mass is 9.98. The van der Waals surface area contributed by atoms with Gasteiger partial charge in [-0.3, -0.25) is 4.79 Å². The average Bonchev–Trinajstić information content (AvgIpc) is 2.27. The van der Waals surface area contributed by atoms with Gasteiger partial charge in [0, 0.05) is 18.4 Å². The van der Waals surface area contributed by atoms with Crippen LogP contribution in [0.2, 0.25) is 0 Å². The molecule has 1 aromatic carbocycles. The van der Waals surface area contributed by atoms with Crippen LogP contribution in [0.1, 0.15) is 35.7 Å². The summed E-state index contributed by atoms with van der Waals surface area (Å²) in [7, 11) is 0. The van der Waals surface area contributed by atoms with Gasteiger partial charge >= 0.3 is 11.9 Å². The molecule has 4 heteroatoms. The monoisotopic (exact) mass is 234 g/mol. The van der Waals surface area contributed by atoms with Gasteiger partial charge in [0.2, 0.25) is 0 Å². The van der Waals surface area contributed by atoms with Crippen LogP contribution in [-0.2, 0) is 4.79 Å². The van der Waals surface area contributed by atoms with E-state index in [1.54, 1.807) is 6.08 Å². The summed E-state index contributed by atoms with van der Waals surface area (Å²) in [5, 5.41) is 8.90. The fraction of sp³-hybridized carbons (Fsp3) is 0.231. The summed E-state index contributed by atoms with van der Waals surface area (Å²) >= 11 is 0. The zero-order chi connectivity index (χ0) is 13.0. The van der Waals surface area contributed by atoms with Gasteiger partial charge in [0.1, 0.15) is 5.75 Å². The van der Waals surface area contributed by atoms with E-state index in [2.05, 4.69) is 6.58 Å². The molecule has 0 amide bonds. The lowest BCUT2D eigenvalue weighted by Crippen LogP contribution is -2.07. The van der Waals surface area contributed by atoms with Crippen LogP contribution >= 0.6 is 0 Å². The van der Waals surface area contributed by atoms with E-state index in [1.165, 1.54) is 25.1 Å². The van der Waals surface area contributed by atoms with Crippen molar-refractivity contribution in [2.75, 3.05) is 0 Å². The number of esters is 1. The van der Waals surface area contributed by atoms with Gasteiger partial charge in [0.15, 0.2) is 0 Å². The molecular weight excluding hydrogens is 220 g/mol. The van der Waals surface area contributed by atoms with Gasteiger partial charge in [-0.15, -0.1) is 6.58 Å². The Morgan fingerprint density at radius 3 is 2.59 bits per heavy atom. The molecule has 1 aromatic rings. The van der Waals surface area contributed by atoms with E-state index in [9.17, 15) is 9.59 Å². The van der Waals surface area contributed by atoms with Crippen LogP contribution in [0.5, 0.6) is 5.75 Å². The van der Waals surface area contributed by atoms with E-state index in [0.29, 0.717) is 11.3 Å². The van der Waals surface area contributed by atoms with Crippen molar-refractivity contribution in [3.63, 3.8) is 0 Å². The van der Waals surface area contributed by atoms with Crippen molar-refractivity contribution in [3.05, 3.63) is 42.0 Å². The highest BCUT2D eigenvalue weighted by Gasteiger charge is 2.14. The maximum atomic E-state index is 10.9. The van der Waals surface area contributed by atoms with Gasteiger partial charge in [-0.1, -0.05) is 13.0 Å². The number of carbonyl (C=O) groups excluding carboxylic acids is 1. The van der Waals surface area contributed by atoms with Crippen molar-refractivity contribution in [2.24, 2.45) is 0 Å². The molecule has 1 unspecified atom stereocenters. The highest BCUT2D eigenvalue weighted by Crippen LogP contribution is 2.28. The number of carboxylic acids is 1. The molecule has 17 heavy (non-hydrogen) atoms. The van der Waals surface area contributed by atoms with Gasteiger partial charge in [-0.25, -0.2) is 4.79 Å². The minimum atomic E-state index is -1.02. The largest absolute Gasteiger partial charge is 0.478 e. The van der Waals surface area contributed by atoms with Crippen molar-refractivity contribution in [2.45, 2.75) is 19.8 Å². The van der Waals surface area contributed by atoms with Crippen molar-refractivity contribution in [3.8, 4) is 5.75 Å². The van der Waals surface area contributed by atoms with E-state index in [4.69, 9.17) is 9.84 Å². The number of benzene rings is 1. The summed E-state index contributed by atoms with van der Waals surface area (Å²) < 4.78 is 5.02. The summed E-state index contributed by atoms with van der Waals surface area (Å²) in [5.41, 5.74) is 0.791. The van der Waals surface area contributed by atoms with Gasteiger partial charge in [-0.2, -0.15) is 0 Å². The summed E-state index contributed by atoms with van der Waals surface area (Å²) in [6.45, 7) is 6.79. The first kappa shape index (κ1) is 13.0. The van der Waals surface area contributed by atoms with Crippen LogP contribution in [0.4, 0.5) is 0 Å². The Hall–Kier alpha value is -2.10. The molecule has 0 radical (unpaired) electrons. The molecule has 0 saturated carbocycles. The normalized spacial score (nSPS) is 11.6. The fourth-order valence-electron chi connectivity index (χ4n) is 1.41. The van der Waals surface area contributed by atoms with Crippen LogP contribution < -0.4 is 4.74 Å². The average molecular weight is 234 g/mol. The Bertz CT molecular complexity index is 462. The predicted molar refractivity (Wildman–Crippen MR) is 63.3 cm³/mol. The number of allylic oxidation sites excluding steroid dienone is 1. The first-order valence-corrected chi connectivity index (χ1v) is 5.14. The Morgan fingerprint density at radius 2 is 2.12 bits per heavy atom. The lowest BCUT2D eigenvalue weighted by molar-refractivity contribution is -0.131. The first-order chi connectivity index (χ1) is 7.95. The van der Waals surface area contributed by atoms with Crippen LogP contribution in [-0.4, -0.2) is 17.0 Å². The van der Waals surface area contributed by atoms with Crippen molar-refractivity contribution < 1.29 is 19.4 Å². The van der Waals surface area contributed by atoms with Gasteiger partial charge < -0.3 is 9.84 Å². The van der Waals surface area contributed by atoms with E-state index in [1.807, 2.05) is 6.92 Å². The van der Waals surface area contributed by atoms with E-state index >= 15 is 0 Å². The number of aromatic carboxylic acids is 1. The maximum absolute atomic E-state index is 10.9. The van der Waals surface area contributed by atoms with Crippen LogP contribution in [0.25, 0.3) is 0 Å².